The average molecular weight is 648 g/mol. The molecule has 236 valence electrons. The van der Waals surface area contributed by atoms with Crippen molar-refractivity contribution in [1.82, 2.24) is 10.2 Å². The topological polar surface area (TPSA) is 96.0 Å². The van der Waals surface area contributed by atoms with E-state index in [0.29, 0.717) is 23.9 Å². The van der Waals surface area contributed by atoms with Crippen LogP contribution in [0.2, 0.25) is 5.02 Å². The van der Waals surface area contributed by atoms with E-state index in [2.05, 4.69) is 5.32 Å². The first-order chi connectivity index (χ1) is 21.6. The molecule has 0 saturated heterocycles. The first-order valence-corrected chi connectivity index (χ1v) is 16.6. The SMILES string of the molecule is CCNC(=O)C(Cc1ccccc1)N(Cc1ccccc1C)C(=O)CN(c1ccc(OCC)cc1)S(=O)(=O)c1ccc(Cl)cc1. The molecule has 2 amide bonds. The number of carbonyl (C=O) groups excluding carboxylic acids is 2. The number of carbonyl (C=O) groups is 2. The summed E-state index contributed by atoms with van der Waals surface area (Å²) in [6, 6.07) is 28.5. The van der Waals surface area contributed by atoms with Crippen LogP contribution < -0.4 is 14.4 Å². The maximum absolute atomic E-state index is 14.5. The van der Waals surface area contributed by atoms with E-state index in [1.54, 1.807) is 24.3 Å². The quantitative estimate of drug-likeness (QED) is 0.181. The number of sulfonamides is 1. The van der Waals surface area contributed by atoms with Crippen LogP contribution in [0.1, 0.15) is 30.5 Å². The maximum Gasteiger partial charge on any atom is 0.264 e. The molecule has 45 heavy (non-hydrogen) atoms. The van der Waals surface area contributed by atoms with Crippen LogP contribution in [-0.2, 0) is 32.6 Å². The van der Waals surface area contributed by atoms with Gasteiger partial charge in [0, 0.05) is 24.5 Å². The van der Waals surface area contributed by atoms with E-state index in [1.807, 2.05) is 75.4 Å². The highest BCUT2D eigenvalue weighted by atomic mass is 35.5. The van der Waals surface area contributed by atoms with Crippen LogP contribution in [0.3, 0.4) is 0 Å². The number of amides is 2. The summed E-state index contributed by atoms with van der Waals surface area (Å²) in [5.41, 5.74) is 2.94. The summed E-state index contributed by atoms with van der Waals surface area (Å²) in [6.07, 6.45) is 0.247. The fourth-order valence-electron chi connectivity index (χ4n) is 4.95. The van der Waals surface area contributed by atoms with Gasteiger partial charge in [-0.05, 0) is 86.0 Å². The number of nitrogens with one attached hydrogen (secondary N) is 1. The molecule has 1 N–H and O–H groups in total. The van der Waals surface area contributed by atoms with E-state index in [-0.39, 0.29) is 29.5 Å². The Morgan fingerprint density at radius 2 is 1.51 bits per heavy atom. The van der Waals surface area contributed by atoms with Gasteiger partial charge in [0.1, 0.15) is 18.3 Å². The van der Waals surface area contributed by atoms with Gasteiger partial charge in [-0.2, -0.15) is 0 Å². The van der Waals surface area contributed by atoms with Crippen LogP contribution in [0.25, 0.3) is 0 Å². The molecule has 0 fully saturated rings. The van der Waals surface area contributed by atoms with Gasteiger partial charge in [0.25, 0.3) is 10.0 Å². The first-order valence-electron chi connectivity index (χ1n) is 14.8. The number of anilines is 1. The van der Waals surface area contributed by atoms with Crippen molar-refractivity contribution in [2.24, 2.45) is 0 Å². The van der Waals surface area contributed by atoms with E-state index in [9.17, 15) is 18.0 Å². The largest absolute Gasteiger partial charge is 0.494 e. The van der Waals surface area contributed by atoms with Crippen LogP contribution in [0.4, 0.5) is 5.69 Å². The number of likely N-dealkylation sites (N-methyl/N-ethyl adjacent to an activating group) is 1. The number of hydrogen-bond donors (Lipinski definition) is 1. The van der Waals surface area contributed by atoms with Crippen molar-refractivity contribution in [3.8, 4) is 5.75 Å². The zero-order chi connectivity index (χ0) is 32.4. The average Bonchev–Trinajstić information content (AvgIpc) is 3.03. The Morgan fingerprint density at radius 1 is 0.867 bits per heavy atom. The number of aryl methyl sites for hydroxylation is 1. The lowest BCUT2D eigenvalue weighted by Crippen LogP contribution is -2.53. The Labute approximate surface area is 270 Å². The van der Waals surface area contributed by atoms with Crippen LogP contribution in [0.15, 0.2) is 108 Å². The minimum absolute atomic E-state index is 0.0244. The van der Waals surface area contributed by atoms with E-state index >= 15 is 0 Å². The summed E-state index contributed by atoms with van der Waals surface area (Å²) in [7, 11) is -4.23. The predicted octanol–water partition coefficient (Wildman–Crippen LogP) is 6.02. The Morgan fingerprint density at radius 3 is 2.13 bits per heavy atom. The van der Waals surface area contributed by atoms with Crippen LogP contribution >= 0.6 is 11.6 Å². The van der Waals surface area contributed by atoms with Gasteiger partial charge in [-0.3, -0.25) is 13.9 Å². The Bertz CT molecular complexity index is 1680. The molecule has 0 aliphatic heterocycles. The number of rotatable bonds is 14. The smallest absolute Gasteiger partial charge is 0.264 e. The lowest BCUT2D eigenvalue weighted by atomic mass is 10.0. The van der Waals surface area contributed by atoms with E-state index < -0.39 is 28.5 Å². The third-order valence-corrected chi connectivity index (χ3v) is 9.38. The Hall–Kier alpha value is -4.34. The van der Waals surface area contributed by atoms with Gasteiger partial charge in [-0.25, -0.2) is 8.42 Å². The highest BCUT2D eigenvalue weighted by molar-refractivity contribution is 7.92. The van der Waals surface area contributed by atoms with Gasteiger partial charge in [0.15, 0.2) is 0 Å². The van der Waals surface area contributed by atoms with Gasteiger partial charge in [0.2, 0.25) is 11.8 Å². The second kappa shape index (κ2) is 15.6. The van der Waals surface area contributed by atoms with Gasteiger partial charge in [-0.15, -0.1) is 0 Å². The van der Waals surface area contributed by atoms with Crippen molar-refractivity contribution < 1.29 is 22.7 Å². The van der Waals surface area contributed by atoms with Crippen molar-refractivity contribution in [3.05, 3.63) is 125 Å². The predicted molar refractivity (Wildman–Crippen MR) is 178 cm³/mol. The maximum atomic E-state index is 14.5. The summed E-state index contributed by atoms with van der Waals surface area (Å²) >= 11 is 6.06. The van der Waals surface area contributed by atoms with Crippen molar-refractivity contribution in [3.63, 3.8) is 0 Å². The lowest BCUT2D eigenvalue weighted by Gasteiger charge is -2.34. The van der Waals surface area contributed by atoms with Gasteiger partial charge >= 0.3 is 0 Å². The zero-order valence-corrected chi connectivity index (χ0v) is 27.2. The number of halogens is 1. The molecule has 0 bridgehead atoms. The van der Waals surface area contributed by atoms with E-state index in [1.165, 1.54) is 29.2 Å². The van der Waals surface area contributed by atoms with Gasteiger partial charge in [0.05, 0.1) is 17.2 Å². The summed E-state index contributed by atoms with van der Waals surface area (Å²) < 4.78 is 34.9. The molecule has 4 aromatic carbocycles. The molecule has 1 unspecified atom stereocenters. The molecule has 0 aliphatic rings. The molecule has 0 radical (unpaired) electrons. The van der Waals surface area contributed by atoms with Gasteiger partial charge in [-0.1, -0.05) is 66.2 Å². The fraction of sp³-hybridized carbons (Fsp3) is 0.257. The van der Waals surface area contributed by atoms with E-state index in [4.69, 9.17) is 16.3 Å². The number of nitrogens with zero attached hydrogens (tertiary/aromatic N) is 2. The minimum Gasteiger partial charge on any atom is -0.494 e. The standard InChI is InChI=1S/C35H38ClN3O5S/c1-4-37-35(41)33(23-27-12-7-6-8-13-27)38(24-28-14-10-9-11-26(28)3)34(40)25-39(30-17-19-31(20-18-30)44-5-2)45(42,43)32-21-15-29(36)16-22-32/h6-22,33H,4-5,23-25H2,1-3H3,(H,37,41). The summed E-state index contributed by atoms with van der Waals surface area (Å²) in [4.78, 5) is 29.5. The summed E-state index contributed by atoms with van der Waals surface area (Å²) in [5, 5.41) is 3.26. The fourth-order valence-corrected chi connectivity index (χ4v) is 6.49. The van der Waals surface area contributed by atoms with Crippen LogP contribution in [0, 0.1) is 6.92 Å². The number of ether oxygens (including phenoxy) is 1. The van der Waals surface area contributed by atoms with E-state index in [0.717, 1.165) is 21.0 Å². The molecule has 1 atom stereocenters. The second-order valence-electron chi connectivity index (χ2n) is 10.4. The molecule has 4 rings (SSSR count). The molecular weight excluding hydrogens is 610 g/mol. The monoisotopic (exact) mass is 647 g/mol. The molecule has 0 saturated carbocycles. The summed E-state index contributed by atoms with van der Waals surface area (Å²) in [5.74, 6) is -0.287. The molecule has 0 aromatic heterocycles. The molecule has 10 heteroatoms. The molecule has 0 heterocycles. The minimum atomic E-state index is -4.23. The molecular formula is C35H38ClN3O5S. The normalized spacial score (nSPS) is 11.8. The zero-order valence-electron chi connectivity index (χ0n) is 25.6. The van der Waals surface area contributed by atoms with Crippen molar-refractivity contribution in [2.75, 3.05) is 24.0 Å². The van der Waals surface area contributed by atoms with Crippen molar-refractivity contribution in [2.45, 2.75) is 44.7 Å². The van der Waals surface area contributed by atoms with Crippen LogP contribution in [-0.4, -0.2) is 50.9 Å². The third-order valence-electron chi connectivity index (χ3n) is 7.34. The van der Waals surface area contributed by atoms with Gasteiger partial charge < -0.3 is 15.0 Å². The third kappa shape index (κ3) is 8.65. The highest BCUT2D eigenvalue weighted by Crippen LogP contribution is 2.28. The number of hydrogen-bond acceptors (Lipinski definition) is 5. The lowest BCUT2D eigenvalue weighted by molar-refractivity contribution is -0.140. The first kappa shape index (κ1) is 33.6. The molecule has 0 spiro atoms. The Balaban J connectivity index is 1.80. The summed E-state index contributed by atoms with van der Waals surface area (Å²) in [6.45, 7) is 5.99. The molecule has 0 aliphatic carbocycles. The molecule has 8 nitrogen and oxygen atoms in total. The Kier molecular flexibility index (Phi) is 11.6. The number of benzene rings is 4. The highest BCUT2D eigenvalue weighted by Gasteiger charge is 2.34. The van der Waals surface area contributed by atoms with Crippen molar-refractivity contribution >= 4 is 39.1 Å². The second-order valence-corrected chi connectivity index (χ2v) is 12.7. The van der Waals surface area contributed by atoms with Crippen LogP contribution in [0.5, 0.6) is 5.75 Å². The molecule has 4 aromatic rings. The van der Waals surface area contributed by atoms with Crippen molar-refractivity contribution in [1.29, 1.82) is 0 Å².